The average molecular weight is 1760 g/mol. The molecule has 0 saturated carbocycles. The summed E-state index contributed by atoms with van der Waals surface area (Å²) in [4.78, 5) is 0. The molecule has 0 unspecified atom stereocenters. The van der Waals surface area contributed by atoms with Crippen LogP contribution in [0.3, 0.4) is 0 Å². The highest BCUT2D eigenvalue weighted by molar-refractivity contribution is 6.63. The van der Waals surface area contributed by atoms with Gasteiger partial charge >= 0.3 is 22.0 Å². The van der Waals surface area contributed by atoms with Crippen LogP contribution in [0.25, 0.3) is 0 Å². The minimum Gasteiger partial charge on any atom is -0.497 e. The summed E-state index contributed by atoms with van der Waals surface area (Å²) in [5.41, 5.74) is 0. The zero-order chi connectivity index (χ0) is 94.7. The summed E-state index contributed by atoms with van der Waals surface area (Å²) < 4.78 is 100. The van der Waals surface area contributed by atoms with Gasteiger partial charge in [0.1, 0.15) is 120 Å². The Balaban J connectivity index is 0.000000529. The third-order valence-electron chi connectivity index (χ3n) is 20.6. The van der Waals surface area contributed by atoms with Gasteiger partial charge in [-0.05, 0) is 146 Å². The van der Waals surface area contributed by atoms with Gasteiger partial charge in [-0.25, -0.2) is 0 Å². The predicted molar refractivity (Wildman–Crippen MR) is 547 cm³/mol. The lowest BCUT2D eigenvalue weighted by Gasteiger charge is -2.24. The lowest BCUT2D eigenvalue weighted by atomic mass is 9.30. The van der Waals surface area contributed by atoms with Crippen LogP contribution in [0.1, 0.15) is 162 Å². The molecule has 696 valence electrons. The van der Waals surface area contributed by atoms with Crippen LogP contribution in [0.15, 0.2) is 218 Å². The molecule has 26 heteroatoms. The van der Waals surface area contributed by atoms with Gasteiger partial charge in [-0.1, -0.05) is 311 Å². The van der Waals surface area contributed by atoms with Crippen molar-refractivity contribution in [1.29, 1.82) is 0 Å². The Morgan fingerprint density at radius 1 is 0.211 bits per heavy atom. The number of hydrogen-bond donors (Lipinski definition) is 0. The Labute approximate surface area is 777 Å². The first-order chi connectivity index (χ1) is 61.9. The number of unbranched alkanes of at least 4 members (excludes halogenated alkanes) is 3. The van der Waals surface area contributed by atoms with E-state index in [9.17, 15) is 0 Å². The Morgan fingerprint density at radius 3 is 0.617 bits per heavy atom. The molecule has 0 fully saturated rings. The Morgan fingerprint density at radius 2 is 0.422 bits per heavy atom. The Bertz CT molecular complexity index is 3760. The number of benzene rings is 9. The molecule has 9 aromatic rings. The van der Waals surface area contributed by atoms with E-state index in [0.29, 0.717) is 86.2 Å². The van der Waals surface area contributed by atoms with Crippen LogP contribution in [0, 0.1) is 0 Å². The molecule has 9 rings (SSSR count). The van der Waals surface area contributed by atoms with E-state index in [2.05, 4.69) is 124 Å². The highest BCUT2D eigenvalue weighted by Gasteiger charge is 2.35. The molecule has 0 N–H and O–H groups in total. The van der Waals surface area contributed by atoms with Crippen molar-refractivity contribution < 1.29 is 84.5 Å². The maximum atomic E-state index is 5.96. The van der Waals surface area contributed by atoms with E-state index in [1.54, 1.807) is 210 Å². The van der Waals surface area contributed by atoms with Crippen molar-refractivity contribution in [3.8, 4) is 103 Å². The number of para-hydroxylation sites is 6. The molecule has 0 aliphatic rings. The molecule has 0 aliphatic heterocycles. The van der Waals surface area contributed by atoms with Gasteiger partial charge in [0.15, 0.2) is 17.2 Å². The largest absolute Gasteiger partial charge is 0.864 e. The second-order valence-electron chi connectivity index (χ2n) is 32.6. The van der Waals surface area contributed by atoms with Crippen molar-refractivity contribution in [2.75, 3.05) is 64.0 Å². The molecule has 128 heavy (non-hydrogen) atoms. The summed E-state index contributed by atoms with van der Waals surface area (Å²) in [5.74, 6) is 13.1. The summed E-state index contributed by atoms with van der Waals surface area (Å²) in [6, 6.07) is 64.7. The molecule has 0 atom stereocenters. The molecule has 9 aromatic carbocycles. The van der Waals surface area contributed by atoms with Crippen molar-refractivity contribution in [3.63, 3.8) is 0 Å². The van der Waals surface area contributed by atoms with Gasteiger partial charge in [0.2, 0.25) is 0 Å². The second-order valence-corrected chi connectivity index (χ2v) is 32.6. The molecular formula is C102H156B8O18. The van der Waals surface area contributed by atoms with Crippen LogP contribution >= 0.6 is 0 Å². The van der Waals surface area contributed by atoms with E-state index in [1.165, 1.54) is 115 Å². The van der Waals surface area contributed by atoms with E-state index in [0.717, 1.165) is 68.3 Å². The molecule has 0 spiro atoms. The van der Waals surface area contributed by atoms with E-state index >= 15 is 0 Å². The van der Waals surface area contributed by atoms with E-state index in [1.807, 2.05) is 72.8 Å². The highest BCUT2D eigenvalue weighted by atomic mass is 16.8. The zero-order valence-electron chi connectivity index (χ0n) is 83.2. The van der Waals surface area contributed by atoms with Crippen LogP contribution in [-0.4, -0.2) is 120 Å². The number of ether oxygens (including phenoxy) is 9. The summed E-state index contributed by atoms with van der Waals surface area (Å²) in [7, 11) is 11.1. The fourth-order valence-corrected chi connectivity index (χ4v) is 14.1. The van der Waals surface area contributed by atoms with Gasteiger partial charge < -0.3 is 84.5 Å². The average Bonchev–Trinajstić information content (AvgIpc) is 0.838. The molecule has 0 radical (unpaired) electrons. The van der Waals surface area contributed by atoms with Gasteiger partial charge in [0.05, 0.1) is 64.0 Å². The van der Waals surface area contributed by atoms with Crippen LogP contribution in [-0.2, 0) is 0 Å². The molecule has 0 bridgehead atoms. The van der Waals surface area contributed by atoms with Crippen molar-refractivity contribution in [3.05, 3.63) is 218 Å². The van der Waals surface area contributed by atoms with Crippen molar-refractivity contribution in [2.45, 2.75) is 256 Å². The molecule has 0 aromatic heterocycles. The topological polar surface area (TPSA) is 166 Å². The third kappa shape index (κ3) is 49.5. The fraction of sp³-hybridized carbons (Fsp3) is 0.471. The van der Waals surface area contributed by atoms with Crippen molar-refractivity contribution >= 4 is 55.5 Å². The first kappa shape index (κ1) is 114. The SMILES string of the molecule is CB(C)C.CC(C)B(C(C)C)C(C)C.CCB(CC)CC.CCCB(CCC)CCC.CCCCB(CCCC)CCCC.COc1ccc(OB(Oc2ccc(OC)cc2)Oc2ccc(OC)cc2)cc1.COc1cccc(OB(Oc2cccc(OC)c2)Oc2cccc(OC)c2)c1.COc1ccccc1OB(Oc1ccccc1OC)Oc1ccccc1OC. The zero-order valence-corrected chi connectivity index (χ0v) is 83.2. The second kappa shape index (κ2) is 70.8. The summed E-state index contributed by atoms with van der Waals surface area (Å²) in [5, 5.41) is 0. The molecule has 0 amide bonds. The van der Waals surface area contributed by atoms with Crippen LogP contribution in [0.2, 0.25) is 94.8 Å². The maximum absolute atomic E-state index is 5.96. The number of hydrogen-bond acceptors (Lipinski definition) is 18. The summed E-state index contributed by atoms with van der Waals surface area (Å²) in [6.07, 6.45) is 25.4. The van der Waals surface area contributed by atoms with Gasteiger partial charge in [-0.2, -0.15) is 0 Å². The maximum Gasteiger partial charge on any atom is 0.864 e. The van der Waals surface area contributed by atoms with Gasteiger partial charge in [0.25, 0.3) is 0 Å². The minimum absolute atomic E-state index is 0.472. The van der Waals surface area contributed by atoms with Crippen molar-refractivity contribution in [1.82, 2.24) is 0 Å². The van der Waals surface area contributed by atoms with Gasteiger partial charge in [-0.15, -0.1) is 0 Å². The Hall–Kier alpha value is -10.1. The Kier molecular flexibility index (Phi) is 63.1. The number of rotatable bonds is 48. The normalized spacial score (nSPS) is 9.98. The van der Waals surface area contributed by atoms with Gasteiger partial charge in [0, 0.05) is 18.2 Å². The quantitative estimate of drug-likeness (QED) is 0.0330. The predicted octanol–water partition coefficient (Wildman–Crippen LogP) is 28.9. The molecule has 18 nitrogen and oxygen atoms in total. The fourth-order valence-electron chi connectivity index (χ4n) is 14.1. The van der Waals surface area contributed by atoms with E-state index in [4.69, 9.17) is 84.5 Å². The minimum atomic E-state index is -1.12. The number of methoxy groups -OCH3 is 9. The highest BCUT2D eigenvalue weighted by Crippen LogP contribution is 2.35. The first-order valence-corrected chi connectivity index (χ1v) is 46.6. The lowest BCUT2D eigenvalue weighted by Crippen LogP contribution is -2.37. The molecule has 0 heterocycles. The van der Waals surface area contributed by atoms with Gasteiger partial charge in [-0.3, -0.25) is 0 Å². The molecular weight excluding hydrogens is 1600 g/mol. The molecule has 0 saturated heterocycles. The van der Waals surface area contributed by atoms with E-state index < -0.39 is 22.0 Å². The monoisotopic (exact) mass is 1760 g/mol. The lowest BCUT2D eigenvalue weighted by molar-refractivity contribution is 0.281. The standard InChI is InChI=1S/3C21H21BO6.C12H27B.2C9H21B.C6H15B.C3H9B/c1-23-16-4-10-19(11-5-16)26-22(27-20-12-6-17(24-2)7-13-20)28-21-14-8-18(25-3)9-15-21;1-23-16-7-4-10-19(13-16)26-22(27-20-11-5-8-17(14-20)24-2)28-21-12-6-9-18(15-21)25-3;1-23-16-10-4-7-13-19(16)26-22(27-20-14-8-5-11-17(20)24-2)28-21-15-9-6-12-18(21)25-3;1-4-7-10-13(11-8-5-2)12-9-6-3;1-7(2)10(8(3)4)9(5)6;1-4-7-10(8-5-2)9-6-3;1-4-7(5-2)6-3;1-4(2)3/h3*4-15H,1-3H3;4-12H2,1-3H3;7-9H,1-6H3;4-9H2,1-3H3;4-6H2,1-3H3;1-3H3. The van der Waals surface area contributed by atoms with Crippen molar-refractivity contribution in [2.24, 2.45) is 0 Å². The third-order valence-corrected chi connectivity index (χ3v) is 20.6. The van der Waals surface area contributed by atoms with E-state index in [-0.39, 0.29) is 0 Å². The van der Waals surface area contributed by atoms with Crippen LogP contribution < -0.4 is 84.5 Å². The smallest absolute Gasteiger partial charge is 0.497 e. The van der Waals surface area contributed by atoms with Crippen LogP contribution in [0.5, 0.6) is 103 Å². The summed E-state index contributed by atoms with van der Waals surface area (Å²) in [6.45, 7) is 45.8. The van der Waals surface area contributed by atoms with Crippen LogP contribution in [0.4, 0.5) is 0 Å². The first-order valence-electron chi connectivity index (χ1n) is 46.6. The summed E-state index contributed by atoms with van der Waals surface area (Å²) >= 11 is 0. The molecule has 0 aliphatic carbocycles.